The van der Waals surface area contributed by atoms with Crippen molar-refractivity contribution in [2.75, 3.05) is 19.7 Å². The molecule has 0 unspecified atom stereocenters. The summed E-state index contributed by atoms with van der Waals surface area (Å²) < 4.78 is 35.6. The number of ether oxygens (including phenoxy) is 1. The van der Waals surface area contributed by atoms with Crippen molar-refractivity contribution in [2.24, 2.45) is 5.92 Å². The van der Waals surface area contributed by atoms with Gasteiger partial charge in [-0.3, -0.25) is 4.79 Å². The third-order valence-corrected chi connectivity index (χ3v) is 8.79. The number of piperidine rings is 1. The monoisotopic (exact) mass is 509 g/mol. The Morgan fingerprint density at radius 1 is 1.12 bits per heavy atom. The van der Waals surface area contributed by atoms with Gasteiger partial charge in [-0.25, -0.2) is 13.2 Å². The predicted octanol–water partition coefficient (Wildman–Crippen LogP) is 3.67. The normalized spacial score (nSPS) is 15.3. The number of carbonyl (C=O) groups excluding carboxylic acids is 2. The fourth-order valence-corrected chi connectivity index (χ4v) is 6.67. The molecule has 1 aliphatic rings. The highest BCUT2D eigenvalue weighted by Crippen LogP contribution is 2.32. The second kappa shape index (κ2) is 10.9. The largest absolute Gasteiger partial charge is 0.462 e. The quantitative estimate of drug-likeness (QED) is 0.547. The van der Waals surface area contributed by atoms with Crippen LogP contribution < -0.4 is 5.32 Å². The highest BCUT2D eigenvalue weighted by Gasteiger charge is 2.38. The van der Waals surface area contributed by atoms with Crippen LogP contribution in [0.15, 0.2) is 29.2 Å². The molecule has 0 aliphatic carbocycles. The molecule has 0 atom stereocenters. The molecule has 1 aromatic heterocycles. The number of benzene rings is 1. The zero-order valence-corrected chi connectivity index (χ0v) is 21.6. The Labute approximate surface area is 206 Å². The number of aromatic nitrogens is 1. The molecule has 0 spiro atoms. The van der Waals surface area contributed by atoms with Crippen molar-refractivity contribution >= 4 is 33.5 Å². The summed E-state index contributed by atoms with van der Waals surface area (Å²) in [5, 5.41) is 3.49. The van der Waals surface area contributed by atoms with Gasteiger partial charge in [0.2, 0.25) is 15.9 Å². The maximum atomic E-state index is 13.6. The van der Waals surface area contributed by atoms with Crippen molar-refractivity contribution in [1.29, 1.82) is 0 Å². The Kier molecular flexibility index (Phi) is 8.43. The van der Waals surface area contributed by atoms with Crippen molar-refractivity contribution in [3.63, 3.8) is 0 Å². The number of hydrogen-bond donors (Lipinski definition) is 1. The number of carbonyl (C=O) groups is 2. The van der Waals surface area contributed by atoms with Crippen LogP contribution in [0.4, 0.5) is 0 Å². The summed E-state index contributed by atoms with van der Waals surface area (Å²) >= 11 is 6.15. The van der Waals surface area contributed by atoms with Gasteiger partial charge in [0.15, 0.2) is 0 Å². The van der Waals surface area contributed by atoms with Gasteiger partial charge >= 0.3 is 5.97 Å². The molecule has 0 saturated carbocycles. The second-order valence-electron chi connectivity index (χ2n) is 8.33. The maximum absolute atomic E-state index is 13.6. The number of hydrogen-bond acceptors (Lipinski definition) is 5. The first-order chi connectivity index (χ1) is 16.1. The summed E-state index contributed by atoms with van der Waals surface area (Å²) in [5.74, 6) is -1.04. The third kappa shape index (κ3) is 5.16. The molecule has 1 amide bonds. The molecular formula is C24H32ClN3O5S. The Hall–Kier alpha value is -2.36. The maximum Gasteiger partial charge on any atom is 0.341 e. The number of nitrogens with zero attached hydrogens (tertiary/aromatic N) is 2. The molecule has 1 N–H and O–H groups in total. The van der Waals surface area contributed by atoms with Crippen LogP contribution in [0.2, 0.25) is 5.02 Å². The first-order valence-corrected chi connectivity index (χ1v) is 13.3. The minimum atomic E-state index is -3.95. The van der Waals surface area contributed by atoms with Gasteiger partial charge in [0, 0.05) is 48.5 Å². The third-order valence-electron chi connectivity index (χ3n) is 6.36. The van der Waals surface area contributed by atoms with Crippen LogP contribution in [0.1, 0.15) is 54.0 Å². The number of esters is 1. The fourth-order valence-electron chi connectivity index (χ4n) is 4.54. The molecule has 1 aliphatic heterocycles. The number of nitrogens with one attached hydrogen (secondary N) is 1. The van der Waals surface area contributed by atoms with Gasteiger partial charge in [0.25, 0.3) is 0 Å². The summed E-state index contributed by atoms with van der Waals surface area (Å²) in [7, 11) is -3.95. The second-order valence-corrected chi connectivity index (χ2v) is 10.6. The molecule has 1 aromatic carbocycles. The highest BCUT2D eigenvalue weighted by molar-refractivity contribution is 7.89. The van der Waals surface area contributed by atoms with Gasteiger partial charge in [0.1, 0.15) is 10.5 Å². The van der Waals surface area contributed by atoms with Crippen molar-refractivity contribution in [2.45, 2.75) is 58.5 Å². The van der Waals surface area contributed by atoms with Crippen molar-refractivity contribution in [3.05, 3.63) is 51.8 Å². The molecule has 3 rings (SSSR count). The van der Waals surface area contributed by atoms with E-state index in [9.17, 15) is 18.0 Å². The van der Waals surface area contributed by atoms with Crippen molar-refractivity contribution < 1.29 is 22.7 Å². The minimum absolute atomic E-state index is 0.00641. The van der Waals surface area contributed by atoms with E-state index in [1.807, 2.05) is 29.7 Å². The van der Waals surface area contributed by atoms with Crippen LogP contribution in [-0.2, 0) is 32.6 Å². The smallest absolute Gasteiger partial charge is 0.341 e. The summed E-state index contributed by atoms with van der Waals surface area (Å²) in [6.45, 7) is 8.44. The number of amides is 1. The van der Waals surface area contributed by atoms with Crippen LogP contribution in [0.25, 0.3) is 0 Å². The van der Waals surface area contributed by atoms with Gasteiger partial charge in [-0.2, -0.15) is 4.31 Å². The van der Waals surface area contributed by atoms with Gasteiger partial charge in [-0.15, -0.1) is 0 Å². The molecule has 10 heteroatoms. The summed E-state index contributed by atoms with van der Waals surface area (Å²) in [5.41, 5.74) is 2.02. The SMILES string of the molecule is CCOC(=O)c1c(S(=O)(=O)N2CCC(C(=O)NCc3ccccc3Cl)CC2)c(C)n(CC)c1C. The molecular weight excluding hydrogens is 478 g/mol. The molecule has 1 saturated heterocycles. The summed E-state index contributed by atoms with van der Waals surface area (Å²) in [4.78, 5) is 25.4. The van der Waals surface area contributed by atoms with Crippen molar-refractivity contribution in [1.82, 2.24) is 14.2 Å². The number of rotatable bonds is 8. The Bertz CT molecular complexity index is 1170. The number of sulfonamides is 1. The van der Waals surface area contributed by atoms with Crippen LogP contribution in [0.5, 0.6) is 0 Å². The standard InChI is InChI=1S/C24H32ClN3O5S/c1-5-28-16(3)21(24(30)33-6-2)22(17(28)4)34(31,32)27-13-11-18(12-14-27)23(29)26-15-19-9-7-8-10-20(19)25/h7-10,18H,5-6,11-15H2,1-4H3,(H,26,29). The topological polar surface area (TPSA) is 97.7 Å². The van der Waals surface area contributed by atoms with Gasteiger partial charge < -0.3 is 14.6 Å². The van der Waals surface area contributed by atoms with Gasteiger partial charge in [-0.1, -0.05) is 29.8 Å². The predicted molar refractivity (Wildman–Crippen MR) is 130 cm³/mol. The van der Waals surface area contributed by atoms with Crippen LogP contribution in [-0.4, -0.2) is 48.9 Å². The van der Waals surface area contributed by atoms with Gasteiger partial charge in [0.05, 0.1) is 6.61 Å². The average Bonchev–Trinajstić information content (AvgIpc) is 3.08. The van der Waals surface area contributed by atoms with Crippen LogP contribution in [0, 0.1) is 19.8 Å². The molecule has 8 nitrogen and oxygen atoms in total. The lowest BCUT2D eigenvalue weighted by Gasteiger charge is -2.30. The first-order valence-electron chi connectivity index (χ1n) is 11.5. The Morgan fingerprint density at radius 2 is 1.76 bits per heavy atom. The highest BCUT2D eigenvalue weighted by atomic mass is 35.5. The van der Waals surface area contributed by atoms with Crippen molar-refractivity contribution in [3.8, 4) is 0 Å². The molecule has 0 radical (unpaired) electrons. The lowest BCUT2D eigenvalue weighted by atomic mass is 9.97. The molecule has 186 valence electrons. The molecule has 34 heavy (non-hydrogen) atoms. The lowest BCUT2D eigenvalue weighted by molar-refractivity contribution is -0.126. The summed E-state index contributed by atoms with van der Waals surface area (Å²) in [6, 6.07) is 7.31. The zero-order valence-electron chi connectivity index (χ0n) is 20.1. The van der Waals surface area contributed by atoms with Crippen LogP contribution in [0.3, 0.4) is 0 Å². The molecule has 2 heterocycles. The van der Waals surface area contributed by atoms with E-state index in [0.717, 1.165) is 5.56 Å². The first kappa shape index (κ1) is 26.2. The van der Waals surface area contributed by atoms with Gasteiger partial charge in [-0.05, 0) is 52.2 Å². The van der Waals surface area contributed by atoms with E-state index in [0.29, 0.717) is 42.3 Å². The molecule has 1 fully saturated rings. The number of halogens is 1. The fraction of sp³-hybridized carbons (Fsp3) is 0.500. The van der Waals surface area contributed by atoms with E-state index < -0.39 is 16.0 Å². The average molecular weight is 510 g/mol. The van der Waals surface area contributed by atoms with E-state index in [2.05, 4.69) is 5.32 Å². The van der Waals surface area contributed by atoms with E-state index >= 15 is 0 Å². The minimum Gasteiger partial charge on any atom is -0.462 e. The van der Waals surface area contributed by atoms with E-state index in [1.54, 1.807) is 26.8 Å². The lowest BCUT2D eigenvalue weighted by Crippen LogP contribution is -2.43. The zero-order chi connectivity index (χ0) is 25.0. The van der Waals surface area contributed by atoms with E-state index in [1.165, 1.54) is 4.31 Å². The summed E-state index contributed by atoms with van der Waals surface area (Å²) in [6.07, 6.45) is 0.795. The Morgan fingerprint density at radius 3 is 2.35 bits per heavy atom. The molecule has 2 aromatic rings. The molecule has 0 bridgehead atoms. The van der Waals surface area contributed by atoms with E-state index in [-0.39, 0.29) is 42.0 Å². The van der Waals surface area contributed by atoms with E-state index in [4.69, 9.17) is 16.3 Å². The Balaban J connectivity index is 1.74. The van der Waals surface area contributed by atoms with Crippen LogP contribution >= 0.6 is 11.6 Å².